The first-order chi connectivity index (χ1) is 9.51. The molecule has 2 aromatic rings. The van der Waals surface area contributed by atoms with E-state index in [1.54, 1.807) is 6.07 Å². The Morgan fingerprint density at radius 1 is 0.850 bits per heavy atom. The van der Waals surface area contributed by atoms with Gasteiger partial charge in [0.15, 0.2) is 0 Å². The van der Waals surface area contributed by atoms with Crippen molar-refractivity contribution in [2.45, 2.75) is 19.3 Å². The van der Waals surface area contributed by atoms with E-state index in [9.17, 15) is 9.59 Å². The maximum absolute atomic E-state index is 12.0. The molecule has 1 N–H and O–H groups in total. The number of benzene rings is 2. The molecule has 0 saturated heterocycles. The smallest absolute Gasteiger partial charge is 0.259 e. The highest BCUT2D eigenvalue weighted by atomic mass is 16.2. The Kier molecular flexibility index (Phi) is 2.71. The summed E-state index contributed by atoms with van der Waals surface area (Å²) < 4.78 is 0. The predicted molar refractivity (Wildman–Crippen MR) is 76.8 cm³/mol. The fraction of sp³-hybridized carbons (Fsp3) is 0.176. The lowest BCUT2D eigenvalue weighted by Gasteiger charge is -2.27. The Morgan fingerprint density at radius 2 is 1.55 bits per heavy atom. The fourth-order valence-corrected chi connectivity index (χ4v) is 2.75. The molecule has 2 aromatic carbocycles. The minimum Gasteiger partial charge on any atom is -0.288 e. The van der Waals surface area contributed by atoms with Gasteiger partial charge in [-0.2, -0.15) is 0 Å². The lowest BCUT2D eigenvalue weighted by molar-refractivity contribution is 0.0879. The molecular weight excluding hydrogens is 250 g/mol. The van der Waals surface area contributed by atoms with Crippen molar-refractivity contribution in [3.8, 4) is 0 Å². The molecule has 0 unspecified atom stereocenters. The molecule has 20 heavy (non-hydrogen) atoms. The van der Waals surface area contributed by atoms with E-state index in [-0.39, 0.29) is 17.2 Å². The molecule has 0 saturated carbocycles. The third-order valence-electron chi connectivity index (χ3n) is 3.93. The number of carbonyl (C=O) groups is 2. The third kappa shape index (κ3) is 1.74. The molecule has 0 aliphatic carbocycles. The van der Waals surface area contributed by atoms with Gasteiger partial charge in [-0.25, -0.2) is 0 Å². The summed E-state index contributed by atoms with van der Waals surface area (Å²) in [7, 11) is 0. The molecule has 100 valence electrons. The van der Waals surface area contributed by atoms with Crippen LogP contribution in [0.1, 0.15) is 45.7 Å². The highest BCUT2D eigenvalue weighted by Gasteiger charge is 2.35. The number of hydrogen-bond donors (Lipinski definition) is 1. The zero-order valence-corrected chi connectivity index (χ0v) is 11.4. The first-order valence-corrected chi connectivity index (χ1v) is 6.56. The molecule has 0 spiro atoms. The summed E-state index contributed by atoms with van der Waals surface area (Å²) in [4.78, 5) is 23.8. The van der Waals surface area contributed by atoms with Crippen molar-refractivity contribution in [2.24, 2.45) is 0 Å². The van der Waals surface area contributed by atoms with Crippen molar-refractivity contribution in [2.75, 3.05) is 0 Å². The highest BCUT2D eigenvalue weighted by molar-refractivity contribution is 6.22. The molecule has 0 aromatic heterocycles. The van der Waals surface area contributed by atoms with E-state index in [1.807, 2.05) is 42.5 Å². The lowest BCUT2D eigenvalue weighted by Crippen LogP contribution is -2.24. The first-order valence-electron chi connectivity index (χ1n) is 6.56. The van der Waals surface area contributed by atoms with Gasteiger partial charge in [-0.1, -0.05) is 56.3 Å². The Labute approximate surface area is 117 Å². The van der Waals surface area contributed by atoms with Crippen molar-refractivity contribution in [3.63, 3.8) is 0 Å². The average Bonchev–Trinajstić information content (AvgIpc) is 2.75. The molecule has 3 rings (SSSR count). The maximum Gasteiger partial charge on any atom is 0.259 e. The summed E-state index contributed by atoms with van der Waals surface area (Å²) in [5.74, 6) is -0.611. The van der Waals surface area contributed by atoms with Crippen molar-refractivity contribution in [1.82, 2.24) is 5.32 Å². The van der Waals surface area contributed by atoms with E-state index in [2.05, 4.69) is 19.2 Å². The number of imide groups is 1. The van der Waals surface area contributed by atoms with Gasteiger partial charge in [-0.15, -0.1) is 0 Å². The van der Waals surface area contributed by atoms with Gasteiger partial charge in [0.05, 0.1) is 11.1 Å². The molecule has 0 bridgehead atoms. The van der Waals surface area contributed by atoms with Crippen LogP contribution in [0.15, 0.2) is 48.5 Å². The third-order valence-corrected chi connectivity index (χ3v) is 3.93. The molecule has 3 heteroatoms. The van der Waals surface area contributed by atoms with Gasteiger partial charge in [-0.05, 0) is 17.2 Å². The second-order valence-electron chi connectivity index (χ2n) is 5.50. The number of nitrogens with one attached hydrogen (secondary N) is 1. The van der Waals surface area contributed by atoms with Crippen molar-refractivity contribution in [1.29, 1.82) is 0 Å². The summed E-state index contributed by atoms with van der Waals surface area (Å²) in [5.41, 5.74) is 2.63. The fourth-order valence-electron chi connectivity index (χ4n) is 2.75. The molecule has 1 aliphatic heterocycles. The molecule has 0 atom stereocenters. The first kappa shape index (κ1) is 12.6. The van der Waals surface area contributed by atoms with E-state index < -0.39 is 0 Å². The van der Waals surface area contributed by atoms with Gasteiger partial charge in [0.25, 0.3) is 11.8 Å². The quantitative estimate of drug-likeness (QED) is 0.849. The van der Waals surface area contributed by atoms with Crippen molar-refractivity contribution < 1.29 is 9.59 Å². The molecule has 2 amide bonds. The van der Waals surface area contributed by atoms with Crippen molar-refractivity contribution >= 4 is 11.8 Å². The summed E-state index contributed by atoms with van der Waals surface area (Å²) in [6.45, 7) is 4.13. The van der Waals surface area contributed by atoms with E-state index in [1.165, 1.54) is 0 Å². The minimum absolute atomic E-state index is 0.301. The Hall–Kier alpha value is -2.42. The summed E-state index contributed by atoms with van der Waals surface area (Å²) >= 11 is 0. The molecular formula is C17H15NO2. The van der Waals surface area contributed by atoms with Crippen LogP contribution in [0.25, 0.3) is 0 Å². The average molecular weight is 265 g/mol. The SMILES string of the molecule is CC(C)(c1ccccc1)c1cccc2c1C(=O)NC2=O. The normalized spacial score (nSPS) is 14.1. The second kappa shape index (κ2) is 4.30. The summed E-state index contributed by atoms with van der Waals surface area (Å²) in [5, 5.41) is 2.37. The van der Waals surface area contributed by atoms with Gasteiger partial charge >= 0.3 is 0 Å². The van der Waals surface area contributed by atoms with Crippen LogP contribution in [0.2, 0.25) is 0 Å². The number of carbonyl (C=O) groups excluding carboxylic acids is 2. The van der Waals surface area contributed by atoms with Crippen LogP contribution in [0, 0.1) is 0 Å². The molecule has 0 fully saturated rings. The maximum atomic E-state index is 12.0. The highest BCUT2D eigenvalue weighted by Crippen LogP contribution is 2.35. The molecule has 1 heterocycles. The monoisotopic (exact) mass is 265 g/mol. The molecule has 1 aliphatic rings. The van der Waals surface area contributed by atoms with Crippen LogP contribution < -0.4 is 5.32 Å². The van der Waals surface area contributed by atoms with E-state index in [0.29, 0.717) is 11.1 Å². The van der Waals surface area contributed by atoms with E-state index in [0.717, 1.165) is 11.1 Å². The topological polar surface area (TPSA) is 46.2 Å². The van der Waals surface area contributed by atoms with Crippen LogP contribution >= 0.6 is 0 Å². The Balaban J connectivity index is 2.22. The molecule has 0 radical (unpaired) electrons. The zero-order valence-electron chi connectivity index (χ0n) is 11.4. The van der Waals surface area contributed by atoms with Gasteiger partial charge in [-0.3, -0.25) is 14.9 Å². The van der Waals surface area contributed by atoms with E-state index in [4.69, 9.17) is 0 Å². The van der Waals surface area contributed by atoms with Crippen LogP contribution in [0.3, 0.4) is 0 Å². The van der Waals surface area contributed by atoms with E-state index >= 15 is 0 Å². The number of rotatable bonds is 2. The summed E-state index contributed by atoms with van der Waals surface area (Å²) in [6, 6.07) is 15.4. The van der Waals surface area contributed by atoms with Gasteiger partial charge in [0.1, 0.15) is 0 Å². The largest absolute Gasteiger partial charge is 0.288 e. The lowest BCUT2D eigenvalue weighted by atomic mass is 9.75. The van der Waals surface area contributed by atoms with Gasteiger partial charge < -0.3 is 0 Å². The Morgan fingerprint density at radius 3 is 2.25 bits per heavy atom. The van der Waals surface area contributed by atoms with Crippen LogP contribution in [0.4, 0.5) is 0 Å². The van der Waals surface area contributed by atoms with Crippen molar-refractivity contribution in [3.05, 3.63) is 70.8 Å². The van der Waals surface area contributed by atoms with Crippen LogP contribution in [-0.2, 0) is 5.41 Å². The Bertz CT molecular complexity index is 702. The molecule has 3 nitrogen and oxygen atoms in total. The second-order valence-corrected chi connectivity index (χ2v) is 5.50. The van der Waals surface area contributed by atoms with Gasteiger partial charge in [0.2, 0.25) is 0 Å². The van der Waals surface area contributed by atoms with Crippen LogP contribution in [0.5, 0.6) is 0 Å². The zero-order chi connectivity index (χ0) is 14.3. The standard InChI is InChI=1S/C17H15NO2/c1-17(2,11-7-4-3-5-8-11)13-10-6-9-12-14(13)16(20)18-15(12)19/h3-10H,1-2H3,(H,18,19,20). The van der Waals surface area contributed by atoms with Gasteiger partial charge in [0, 0.05) is 5.41 Å². The number of hydrogen-bond acceptors (Lipinski definition) is 2. The predicted octanol–water partition coefficient (Wildman–Crippen LogP) is 2.90. The number of fused-ring (bicyclic) bond motifs is 1. The summed E-state index contributed by atoms with van der Waals surface area (Å²) in [6.07, 6.45) is 0. The minimum atomic E-state index is -0.339. The number of amides is 2. The van der Waals surface area contributed by atoms with Crippen LogP contribution in [-0.4, -0.2) is 11.8 Å².